The summed E-state index contributed by atoms with van der Waals surface area (Å²) in [4.78, 5) is 11.5. The predicted molar refractivity (Wildman–Crippen MR) is 93.4 cm³/mol. The van der Waals surface area contributed by atoms with Crippen molar-refractivity contribution >= 4 is 5.97 Å². The van der Waals surface area contributed by atoms with Gasteiger partial charge >= 0.3 is 5.97 Å². The molecule has 1 N–H and O–H groups in total. The smallest absolute Gasteiger partial charge is 0.303 e. The molecule has 8 atom stereocenters. The van der Waals surface area contributed by atoms with Crippen molar-refractivity contribution in [3.05, 3.63) is 23.8 Å². The van der Waals surface area contributed by atoms with Gasteiger partial charge in [0.05, 0.1) is 6.10 Å². The van der Waals surface area contributed by atoms with E-state index in [1.807, 2.05) is 6.08 Å². The van der Waals surface area contributed by atoms with E-state index < -0.39 is 12.3 Å². The minimum Gasteiger partial charge on any atom is -0.459 e. The summed E-state index contributed by atoms with van der Waals surface area (Å²) in [6, 6.07) is 0. The van der Waals surface area contributed by atoms with Crippen LogP contribution in [0.15, 0.2) is 23.8 Å². The van der Waals surface area contributed by atoms with Crippen LogP contribution in [0.4, 0.5) is 4.39 Å². The third kappa shape index (κ3) is 2.43. The Bertz CT molecular complexity index is 641. The van der Waals surface area contributed by atoms with Crippen LogP contribution < -0.4 is 0 Å². The molecule has 4 aliphatic rings. The Morgan fingerprint density at radius 3 is 2.80 bits per heavy atom. The van der Waals surface area contributed by atoms with E-state index in [2.05, 4.69) is 26.0 Å². The first kappa shape index (κ1) is 17.3. The molecule has 4 rings (SSSR count). The van der Waals surface area contributed by atoms with Gasteiger partial charge in [-0.3, -0.25) is 4.79 Å². The van der Waals surface area contributed by atoms with Crippen LogP contribution in [0, 0.1) is 28.6 Å². The highest BCUT2D eigenvalue weighted by molar-refractivity contribution is 5.66. The molecule has 0 aromatic rings. The number of aliphatic hydroxyl groups excluding tert-OH is 1. The number of ether oxygens (including phenoxy) is 1. The molecule has 0 radical (unpaired) electrons. The molecule has 0 aromatic carbocycles. The molecule has 0 saturated heterocycles. The lowest BCUT2D eigenvalue weighted by Gasteiger charge is -2.55. The molecule has 0 bridgehead atoms. The quantitative estimate of drug-likeness (QED) is 0.576. The van der Waals surface area contributed by atoms with Gasteiger partial charge in [-0.15, -0.1) is 0 Å². The molecular formula is C21H29FO3. The Balaban J connectivity index is 1.68. The lowest BCUT2D eigenvalue weighted by molar-refractivity contribution is -0.157. The van der Waals surface area contributed by atoms with Crippen LogP contribution in [0.1, 0.15) is 52.9 Å². The first-order valence-corrected chi connectivity index (χ1v) is 9.64. The van der Waals surface area contributed by atoms with Gasteiger partial charge in [0, 0.05) is 12.3 Å². The molecule has 2 saturated carbocycles. The molecule has 0 amide bonds. The Hall–Kier alpha value is -1.16. The third-order valence-electron chi connectivity index (χ3n) is 7.78. The summed E-state index contributed by atoms with van der Waals surface area (Å²) < 4.78 is 20.2. The van der Waals surface area contributed by atoms with Gasteiger partial charge in [-0.1, -0.05) is 37.6 Å². The number of halogens is 1. The molecule has 3 nitrogen and oxygen atoms in total. The summed E-state index contributed by atoms with van der Waals surface area (Å²) in [7, 11) is 0. The maximum atomic E-state index is 14.8. The first-order valence-electron chi connectivity index (χ1n) is 9.64. The van der Waals surface area contributed by atoms with Gasteiger partial charge in [-0.25, -0.2) is 4.39 Å². The Kier molecular flexibility index (Phi) is 3.91. The number of rotatable bonds is 1. The van der Waals surface area contributed by atoms with E-state index in [9.17, 15) is 14.3 Å². The average Bonchev–Trinajstić information content (AvgIpc) is 2.79. The second kappa shape index (κ2) is 5.67. The summed E-state index contributed by atoms with van der Waals surface area (Å²) >= 11 is 0. The van der Waals surface area contributed by atoms with Gasteiger partial charge in [0.15, 0.2) is 0 Å². The highest BCUT2D eigenvalue weighted by Crippen LogP contribution is 2.64. The highest BCUT2D eigenvalue weighted by Gasteiger charge is 2.61. The van der Waals surface area contributed by atoms with Crippen LogP contribution in [0.5, 0.6) is 0 Å². The zero-order valence-electron chi connectivity index (χ0n) is 15.4. The highest BCUT2D eigenvalue weighted by atomic mass is 19.1. The zero-order valence-corrected chi connectivity index (χ0v) is 15.4. The fourth-order valence-corrected chi connectivity index (χ4v) is 6.38. The second-order valence-corrected chi connectivity index (χ2v) is 9.10. The Labute approximate surface area is 149 Å². The van der Waals surface area contributed by atoms with Gasteiger partial charge in [-0.05, 0) is 55.3 Å². The third-order valence-corrected chi connectivity index (χ3v) is 7.78. The molecule has 2 fully saturated rings. The number of hydrogen-bond acceptors (Lipinski definition) is 3. The largest absolute Gasteiger partial charge is 0.459 e. The lowest BCUT2D eigenvalue weighted by atomic mass is 9.50. The van der Waals surface area contributed by atoms with E-state index in [0.29, 0.717) is 18.3 Å². The minimum absolute atomic E-state index is 0.0516. The van der Waals surface area contributed by atoms with Gasteiger partial charge in [0.2, 0.25) is 0 Å². The van der Waals surface area contributed by atoms with E-state index >= 15 is 0 Å². The molecule has 25 heavy (non-hydrogen) atoms. The van der Waals surface area contributed by atoms with Crippen molar-refractivity contribution in [3.8, 4) is 0 Å². The number of hydrogen-bond donors (Lipinski definition) is 1. The van der Waals surface area contributed by atoms with Gasteiger partial charge in [0.25, 0.3) is 0 Å². The molecule has 0 spiro atoms. The molecule has 2 unspecified atom stereocenters. The maximum Gasteiger partial charge on any atom is 0.303 e. The number of aliphatic hydroxyl groups is 1. The number of carbonyl (C=O) groups is 1. The van der Waals surface area contributed by atoms with Crippen molar-refractivity contribution in [2.24, 2.45) is 28.6 Å². The van der Waals surface area contributed by atoms with Crippen LogP contribution >= 0.6 is 0 Å². The van der Waals surface area contributed by atoms with E-state index in [1.54, 1.807) is 0 Å². The lowest BCUT2D eigenvalue weighted by Crippen LogP contribution is -2.49. The van der Waals surface area contributed by atoms with Crippen molar-refractivity contribution < 1.29 is 19.0 Å². The second-order valence-electron chi connectivity index (χ2n) is 9.10. The van der Waals surface area contributed by atoms with Crippen molar-refractivity contribution in [2.75, 3.05) is 0 Å². The standard InChI is InChI=1S/C21H29FO3/c1-12(23)25-19-18(22)11-17-15-5-4-13-10-14(24)6-8-20(13,2)16(15)7-9-21(17,19)3/h5-6,8,13-14,16-19,24H,4,7,9-11H2,1-3H3/t13?,14?,16-,17-,18+,19-,20-,21-/m0/s1. The Morgan fingerprint density at radius 2 is 2.08 bits per heavy atom. The summed E-state index contributed by atoms with van der Waals surface area (Å²) in [6.07, 6.45) is 8.57. The first-order chi connectivity index (χ1) is 11.8. The van der Waals surface area contributed by atoms with Crippen LogP contribution in [0.25, 0.3) is 0 Å². The minimum atomic E-state index is -1.08. The number of carbonyl (C=O) groups excluding carboxylic acids is 1. The maximum absolute atomic E-state index is 14.8. The van der Waals surface area contributed by atoms with Crippen LogP contribution in [-0.2, 0) is 9.53 Å². The summed E-state index contributed by atoms with van der Waals surface area (Å²) in [5.74, 6) is 0.642. The number of fused-ring (bicyclic) bond motifs is 5. The molecule has 0 aliphatic heterocycles. The topological polar surface area (TPSA) is 46.5 Å². The summed E-state index contributed by atoms with van der Waals surface area (Å²) in [5, 5.41) is 10.00. The van der Waals surface area contributed by atoms with Gasteiger partial charge < -0.3 is 9.84 Å². The summed E-state index contributed by atoms with van der Waals surface area (Å²) in [6.45, 7) is 5.79. The number of esters is 1. The van der Waals surface area contributed by atoms with Crippen LogP contribution in [0.3, 0.4) is 0 Å². The SMILES string of the molecule is CC(=O)O[C@H]1[C@H](F)C[C@H]2C3=CCC4CC(O)C=C[C@]4(C)[C@H]3CC[C@@]21C. The van der Waals surface area contributed by atoms with Crippen molar-refractivity contribution in [1.82, 2.24) is 0 Å². The van der Waals surface area contributed by atoms with Gasteiger partial charge in [-0.2, -0.15) is 0 Å². The predicted octanol–water partition coefficient (Wildman–Crippen LogP) is 3.97. The molecule has 4 heteroatoms. The van der Waals surface area contributed by atoms with Gasteiger partial charge in [0.1, 0.15) is 12.3 Å². The van der Waals surface area contributed by atoms with E-state index in [4.69, 9.17) is 4.74 Å². The van der Waals surface area contributed by atoms with Crippen molar-refractivity contribution in [3.63, 3.8) is 0 Å². The van der Waals surface area contributed by atoms with Crippen molar-refractivity contribution in [2.45, 2.75) is 71.3 Å². The zero-order chi connectivity index (χ0) is 18.0. The number of allylic oxidation sites excluding steroid dienone is 3. The molecule has 0 aromatic heterocycles. The number of alkyl halides is 1. The van der Waals surface area contributed by atoms with E-state index in [1.165, 1.54) is 12.5 Å². The van der Waals surface area contributed by atoms with Crippen LogP contribution in [0.2, 0.25) is 0 Å². The molecular weight excluding hydrogens is 319 g/mol. The monoisotopic (exact) mass is 348 g/mol. The van der Waals surface area contributed by atoms with E-state index in [-0.39, 0.29) is 28.8 Å². The molecule has 0 heterocycles. The fourth-order valence-electron chi connectivity index (χ4n) is 6.38. The van der Waals surface area contributed by atoms with E-state index in [0.717, 1.165) is 25.7 Å². The van der Waals surface area contributed by atoms with Crippen LogP contribution in [-0.4, -0.2) is 29.5 Å². The average molecular weight is 348 g/mol. The fraction of sp³-hybridized carbons (Fsp3) is 0.762. The molecule has 4 aliphatic carbocycles. The normalized spacial score (nSPS) is 51.2. The molecule has 138 valence electrons. The Morgan fingerprint density at radius 1 is 1.32 bits per heavy atom. The summed E-state index contributed by atoms with van der Waals surface area (Å²) in [5.41, 5.74) is 1.13. The van der Waals surface area contributed by atoms with Crippen molar-refractivity contribution in [1.29, 1.82) is 0 Å².